The molecule has 140 valence electrons. The van der Waals surface area contributed by atoms with Gasteiger partial charge < -0.3 is 20.6 Å². The summed E-state index contributed by atoms with van der Waals surface area (Å²) >= 11 is 5.25. The monoisotopic (exact) mass is 433 g/mol. The fourth-order valence-corrected chi connectivity index (χ4v) is 8.22. The van der Waals surface area contributed by atoms with Crippen molar-refractivity contribution in [3.8, 4) is 0 Å². The molecule has 0 aliphatic carbocycles. The molecule has 3 heterocycles. The molecule has 3 unspecified atom stereocenters. The number of alkyl halides is 1. The number of nitrogens with zero attached hydrogens (tertiary/aromatic N) is 1. The lowest BCUT2D eigenvalue weighted by Gasteiger charge is -2.35. The fraction of sp³-hybridized carbons (Fsp3) is 0.812. The van der Waals surface area contributed by atoms with E-state index in [9.17, 15) is 19.5 Å². The van der Waals surface area contributed by atoms with E-state index in [1.807, 2.05) is 13.8 Å². The molecule has 0 aromatic heterocycles. The molecule has 2 bridgehead atoms. The van der Waals surface area contributed by atoms with Gasteiger partial charge in [0.2, 0.25) is 17.7 Å². The van der Waals surface area contributed by atoms with E-state index in [1.54, 1.807) is 18.8 Å². The lowest BCUT2D eigenvalue weighted by Crippen LogP contribution is -2.55. The van der Waals surface area contributed by atoms with Gasteiger partial charge in [0.25, 0.3) is 0 Å². The normalized spacial score (nSPS) is 39.0. The van der Waals surface area contributed by atoms with E-state index in [4.69, 9.17) is 0 Å². The molecule has 3 amide bonds. The highest BCUT2D eigenvalue weighted by atomic mass is 79.9. The highest BCUT2D eigenvalue weighted by Crippen LogP contribution is 2.67. The molecule has 3 fully saturated rings. The molecule has 3 saturated heterocycles. The van der Waals surface area contributed by atoms with Crippen LogP contribution in [0.3, 0.4) is 0 Å². The maximum atomic E-state index is 13.1. The van der Waals surface area contributed by atoms with Crippen LogP contribution < -0.4 is 10.6 Å². The summed E-state index contributed by atoms with van der Waals surface area (Å²) in [6, 6.07) is -0.712. The van der Waals surface area contributed by atoms with Crippen LogP contribution in [-0.2, 0) is 14.4 Å². The van der Waals surface area contributed by atoms with Gasteiger partial charge in [0.1, 0.15) is 6.04 Å². The maximum Gasteiger partial charge on any atom is 0.244 e. The van der Waals surface area contributed by atoms with E-state index in [0.29, 0.717) is 6.42 Å². The van der Waals surface area contributed by atoms with Gasteiger partial charge in [-0.25, -0.2) is 0 Å². The topological polar surface area (TPSA) is 98.7 Å². The van der Waals surface area contributed by atoms with Crippen LogP contribution >= 0.6 is 27.7 Å². The highest BCUT2D eigenvalue weighted by molar-refractivity contribution is 9.09. The van der Waals surface area contributed by atoms with E-state index >= 15 is 0 Å². The predicted octanol–water partition coefficient (Wildman–Crippen LogP) is -0.286. The van der Waals surface area contributed by atoms with Crippen LogP contribution in [0.1, 0.15) is 20.3 Å². The first-order valence-corrected chi connectivity index (χ1v) is 10.3. The Morgan fingerprint density at radius 2 is 2.12 bits per heavy atom. The van der Waals surface area contributed by atoms with Crippen molar-refractivity contribution in [2.45, 2.75) is 47.2 Å². The number of hydrogen-bond donors (Lipinski definition) is 3. The lowest BCUT2D eigenvalue weighted by atomic mass is 9.70. The van der Waals surface area contributed by atoms with Crippen molar-refractivity contribution in [1.82, 2.24) is 15.5 Å². The summed E-state index contributed by atoms with van der Waals surface area (Å²) in [5, 5.41) is 15.0. The van der Waals surface area contributed by atoms with Gasteiger partial charge in [0.15, 0.2) is 0 Å². The number of amides is 3. The van der Waals surface area contributed by atoms with Gasteiger partial charge >= 0.3 is 0 Å². The van der Waals surface area contributed by atoms with Gasteiger partial charge in [0.05, 0.1) is 23.2 Å². The summed E-state index contributed by atoms with van der Waals surface area (Å²) in [6.07, 6.45) is 0.657. The lowest BCUT2D eigenvalue weighted by molar-refractivity contribution is -0.140. The summed E-state index contributed by atoms with van der Waals surface area (Å²) in [7, 11) is 1.57. The zero-order chi connectivity index (χ0) is 18.5. The molecule has 0 saturated carbocycles. The number of halogens is 1. The van der Waals surface area contributed by atoms with Crippen LogP contribution in [0.4, 0.5) is 0 Å². The first kappa shape index (κ1) is 19.0. The predicted molar refractivity (Wildman–Crippen MR) is 98.4 cm³/mol. The van der Waals surface area contributed by atoms with Crippen molar-refractivity contribution in [1.29, 1.82) is 0 Å². The van der Waals surface area contributed by atoms with Crippen LogP contribution in [0.25, 0.3) is 0 Å². The Labute approximate surface area is 159 Å². The molecule has 25 heavy (non-hydrogen) atoms. The molecule has 0 aromatic rings. The van der Waals surface area contributed by atoms with Crippen LogP contribution in [0, 0.1) is 11.8 Å². The van der Waals surface area contributed by atoms with Crippen molar-refractivity contribution in [3.63, 3.8) is 0 Å². The average molecular weight is 434 g/mol. The van der Waals surface area contributed by atoms with E-state index in [-0.39, 0.29) is 47.0 Å². The van der Waals surface area contributed by atoms with Crippen molar-refractivity contribution in [2.75, 3.05) is 20.2 Å². The second-order valence-corrected chi connectivity index (χ2v) is 9.91. The average Bonchev–Trinajstić information content (AvgIpc) is 3.11. The Morgan fingerprint density at radius 1 is 1.44 bits per heavy atom. The quantitative estimate of drug-likeness (QED) is 0.517. The fourth-order valence-electron chi connectivity index (χ4n) is 4.61. The maximum absolute atomic E-state index is 13.1. The third-order valence-electron chi connectivity index (χ3n) is 5.36. The zero-order valence-corrected chi connectivity index (χ0v) is 16.9. The Morgan fingerprint density at radius 3 is 2.68 bits per heavy atom. The number of likely N-dealkylation sites (tertiary alicyclic amines) is 1. The SMILES string of the molecule is CNC(=O)[C@H]1[C@H]2C(=O)N(CCO)C(C(=O)NC(C)C)C23CC(Br)[C@@H]1S3. The molecule has 3 N–H and O–H groups in total. The van der Waals surface area contributed by atoms with Crippen LogP contribution in [0.2, 0.25) is 0 Å². The van der Waals surface area contributed by atoms with Crippen LogP contribution in [0.5, 0.6) is 0 Å². The van der Waals surface area contributed by atoms with E-state index in [0.717, 1.165) is 0 Å². The van der Waals surface area contributed by atoms with E-state index < -0.39 is 22.6 Å². The van der Waals surface area contributed by atoms with Gasteiger partial charge in [-0.15, -0.1) is 11.8 Å². The number of carbonyl (C=O) groups excluding carboxylic acids is 3. The van der Waals surface area contributed by atoms with E-state index in [2.05, 4.69) is 26.6 Å². The van der Waals surface area contributed by atoms with Gasteiger partial charge in [-0.05, 0) is 20.3 Å². The summed E-state index contributed by atoms with van der Waals surface area (Å²) in [5.41, 5.74) is 0. The largest absolute Gasteiger partial charge is 0.395 e. The van der Waals surface area contributed by atoms with Crippen molar-refractivity contribution < 1.29 is 19.5 Å². The summed E-state index contributed by atoms with van der Waals surface area (Å²) in [4.78, 5) is 40.1. The Bertz CT molecular complexity index is 604. The Kier molecular flexibility index (Phi) is 5.11. The molecular weight excluding hydrogens is 410 g/mol. The van der Waals surface area contributed by atoms with Gasteiger partial charge in [-0.1, -0.05) is 15.9 Å². The molecule has 3 aliphatic heterocycles. The second kappa shape index (κ2) is 6.74. The first-order chi connectivity index (χ1) is 11.8. The standard InChI is InChI=1S/C16H24BrN3O4S/c1-7(2)19-14(23)12-16-6-8(17)11(25-16)9(13(22)18-3)10(16)15(24)20(12)4-5-21/h7-12,21H,4-6H2,1-3H3,(H,18,22)(H,19,23)/t8?,9-,10-,11-,12?,16?/m0/s1. The summed E-state index contributed by atoms with van der Waals surface area (Å²) in [6.45, 7) is 3.64. The number of aliphatic hydroxyl groups excluding tert-OH is 1. The van der Waals surface area contributed by atoms with Crippen molar-refractivity contribution >= 4 is 45.4 Å². The molecule has 1 spiro atoms. The van der Waals surface area contributed by atoms with Gasteiger partial charge in [-0.3, -0.25) is 14.4 Å². The first-order valence-electron chi connectivity index (χ1n) is 8.53. The number of aliphatic hydroxyl groups is 1. The van der Waals surface area contributed by atoms with Crippen molar-refractivity contribution in [3.05, 3.63) is 0 Å². The van der Waals surface area contributed by atoms with Crippen molar-refractivity contribution in [2.24, 2.45) is 11.8 Å². The minimum absolute atomic E-state index is 0.0282. The summed E-state index contributed by atoms with van der Waals surface area (Å²) < 4.78 is -0.624. The smallest absolute Gasteiger partial charge is 0.244 e. The number of nitrogens with one attached hydrogen (secondary N) is 2. The molecule has 9 heteroatoms. The second-order valence-electron chi connectivity index (χ2n) is 7.20. The number of thioether (sulfide) groups is 1. The molecule has 7 nitrogen and oxygen atoms in total. The zero-order valence-electron chi connectivity index (χ0n) is 14.5. The van der Waals surface area contributed by atoms with Gasteiger partial charge in [0, 0.05) is 29.7 Å². The molecule has 3 aliphatic rings. The Hall–Kier alpha value is -0.800. The van der Waals surface area contributed by atoms with Crippen LogP contribution in [0.15, 0.2) is 0 Å². The summed E-state index contributed by atoms with van der Waals surface area (Å²) in [5.74, 6) is -1.54. The third kappa shape index (κ3) is 2.70. The minimum Gasteiger partial charge on any atom is -0.395 e. The molecule has 0 radical (unpaired) electrons. The number of fused-ring (bicyclic) bond motifs is 1. The Balaban J connectivity index is 2.04. The van der Waals surface area contributed by atoms with Crippen LogP contribution in [-0.4, -0.2) is 74.8 Å². The molecule has 0 aromatic carbocycles. The van der Waals surface area contributed by atoms with E-state index in [1.165, 1.54) is 4.90 Å². The number of hydrogen-bond acceptors (Lipinski definition) is 5. The van der Waals surface area contributed by atoms with Gasteiger partial charge in [-0.2, -0.15) is 0 Å². The molecule has 3 rings (SSSR count). The molecule has 6 atom stereocenters. The number of carbonyl (C=O) groups is 3. The number of β-amino-alcohol motifs (C(OH)–C–C–N with tert-alkyl or cyclic N) is 1. The molecular formula is C16H24BrN3O4S. The minimum atomic E-state index is -0.663. The third-order valence-corrected chi connectivity index (χ3v) is 8.58. The number of rotatable bonds is 5. The highest BCUT2D eigenvalue weighted by Gasteiger charge is 2.75.